The number of hydrogen-bond acceptors (Lipinski definition) is 4. The van der Waals surface area contributed by atoms with Gasteiger partial charge in [0.1, 0.15) is 0 Å². The molecule has 0 fully saturated rings. The highest BCUT2D eigenvalue weighted by molar-refractivity contribution is 7.99. The lowest BCUT2D eigenvalue weighted by Gasteiger charge is -2.10. The minimum atomic E-state index is -0.0692. The molecule has 6 heteroatoms. The highest BCUT2D eigenvalue weighted by Crippen LogP contribution is 2.26. The molecule has 1 N–H and O–H groups in total. The third kappa shape index (κ3) is 5.15. The van der Waals surface area contributed by atoms with Crippen LogP contribution < -0.4 is 5.32 Å². The zero-order chi connectivity index (χ0) is 20.8. The van der Waals surface area contributed by atoms with E-state index in [0.717, 1.165) is 22.6 Å². The Balaban J connectivity index is 1.73. The summed E-state index contributed by atoms with van der Waals surface area (Å²) in [5.74, 6) is 1.45. The normalized spacial score (nSPS) is 10.9. The zero-order valence-electron chi connectivity index (χ0n) is 17.1. The van der Waals surface area contributed by atoms with Gasteiger partial charge in [-0.3, -0.25) is 9.36 Å². The molecular weight excluding hydrogens is 380 g/mol. The fourth-order valence-electron chi connectivity index (χ4n) is 2.95. The third-order valence-electron chi connectivity index (χ3n) is 4.62. The number of nitrogens with one attached hydrogen (secondary N) is 1. The summed E-state index contributed by atoms with van der Waals surface area (Å²) in [6.07, 6.45) is 1.81. The van der Waals surface area contributed by atoms with Gasteiger partial charge < -0.3 is 5.32 Å². The Morgan fingerprint density at radius 2 is 1.90 bits per heavy atom. The van der Waals surface area contributed by atoms with Crippen molar-refractivity contribution in [2.24, 2.45) is 0 Å². The van der Waals surface area contributed by atoms with Crippen molar-refractivity contribution in [2.45, 2.75) is 38.4 Å². The molecule has 1 heterocycles. The van der Waals surface area contributed by atoms with E-state index in [1.165, 1.54) is 17.3 Å². The van der Waals surface area contributed by atoms with Gasteiger partial charge in [-0.2, -0.15) is 0 Å². The monoisotopic (exact) mass is 406 g/mol. The summed E-state index contributed by atoms with van der Waals surface area (Å²) >= 11 is 1.37. The molecule has 150 valence electrons. The molecule has 29 heavy (non-hydrogen) atoms. The number of hydrogen-bond donors (Lipinski definition) is 1. The molecule has 3 rings (SSSR count). The van der Waals surface area contributed by atoms with Crippen LogP contribution in [0, 0.1) is 6.92 Å². The quantitative estimate of drug-likeness (QED) is 0.408. The van der Waals surface area contributed by atoms with Crippen LogP contribution in [0.4, 0.5) is 5.69 Å². The first-order valence-electron chi connectivity index (χ1n) is 9.62. The number of thioether (sulfide) groups is 1. The molecule has 0 unspecified atom stereocenters. The van der Waals surface area contributed by atoms with Gasteiger partial charge in [-0.1, -0.05) is 74.1 Å². The van der Waals surface area contributed by atoms with Gasteiger partial charge in [-0.05, 0) is 30.0 Å². The molecule has 0 aliphatic heterocycles. The van der Waals surface area contributed by atoms with Gasteiger partial charge in [0, 0.05) is 17.8 Å². The van der Waals surface area contributed by atoms with Crippen LogP contribution in [0.1, 0.15) is 30.9 Å². The number of nitrogens with zero attached hydrogens (tertiary/aromatic N) is 3. The van der Waals surface area contributed by atoms with E-state index in [9.17, 15) is 4.79 Å². The summed E-state index contributed by atoms with van der Waals surface area (Å²) in [7, 11) is 0. The predicted octanol–water partition coefficient (Wildman–Crippen LogP) is 5.29. The van der Waals surface area contributed by atoms with Crippen molar-refractivity contribution in [2.75, 3.05) is 11.1 Å². The van der Waals surface area contributed by atoms with Crippen LogP contribution in [0.3, 0.4) is 0 Å². The van der Waals surface area contributed by atoms with Crippen molar-refractivity contribution in [1.82, 2.24) is 14.8 Å². The molecule has 3 aromatic rings. The number of aromatic nitrogens is 3. The van der Waals surface area contributed by atoms with Crippen molar-refractivity contribution in [1.29, 1.82) is 0 Å². The lowest BCUT2D eigenvalue weighted by Crippen LogP contribution is -2.15. The molecule has 0 aliphatic rings. The third-order valence-corrected chi connectivity index (χ3v) is 5.58. The molecule has 1 amide bonds. The first-order chi connectivity index (χ1) is 14.0. The second kappa shape index (κ2) is 9.56. The second-order valence-electron chi connectivity index (χ2n) is 7.13. The van der Waals surface area contributed by atoms with E-state index in [1.54, 1.807) is 0 Å². The van der Waals surface area contributed by atoms with Gasteiger partial charge in [0.15, 0.2) is 11.0 Å². The lowest BCUT2D eigenvalue weighted by atomic mass is 10.0. The fourth-order valence-corrected chi connectivity index (χ4v) is 3.70. The minimum Gasteiger partial charge on any atom is -0.325 e. The first-order valence-corrected chi connectivity index (χ1v) is 10.6. The van der Waals surface area contributed by atoms with Crippen molar-refractivity contribution in [3.05, 3.63) is 72.3 Å². The molecule has 2 aromatic carbocycles. The maximum atomic E-state index is 12.4. The SMILES string of the molecule is C=CCn1c(SCC(=O)Nc2ccccc2C)nnc1-c1ccc(C(C)C)cc1. The van der Waals surface area contributed by atoms with Crippen LogP contribution >= 0.6 is 11.8 Å². The molecule has 0 aliphatic carbocycles. The predicted molar refractivity (Wildman–Crippen MR) is 120 cm³/mol. The van der Waals surface area contributed by atoms with Crippen LogP contribution in [-0.2, 0) is 11.3 Å². The number of carbonyl (C=O) groups is 1. The molecule has 0 saturated heterocycles. The highest BCUT2D eigenvalue weighted by atomic mass is 32.2. The van der Waals surface area contributed by atoms with Gasteiger partial charge in [0.2, 0.25) is 5.91 Å². The van der Waals surface area contributed by atoms with E-state index in [2.05, 4.69) is 60.2 Å². The second-order valence-corrected chi connectivity index (χ2v) is 8.08. The fraction of sp³-hybridized carbons (Fsp3) is 0.261. The van der Waals surface area contributed by atoms with E-state index in [-0.39, 0.29) is 11.7 Å². The Morgan fingerprint density at radius 3 is 2.55 bits per heavy atom. The van der Waals surface area contributed by atoms with Crippen LogP contribution in [0.25, 0.3) is 11.4 Å². The highest BCUT2D eigenvalue weighted by Gasteiger charge is 2.15. The van der Waals surface area contributed by atoms with Crippen molar-refractivity contribution >= 4 is 23.4 Å². The van der Waals surface area contributed by atoms with E-state index in [4.69, 9.17) is 0 Å². The van der Waals surface area contributed by atoms with Gasteiger partial charge in [-0.25, -0.2) is 0 Å². The number of aryl methyl sites for hydroxylation is 1. The maximum absolute atomic E-state index is 12.4. The number of carbonyl (C=O) groups excluding carboxylic acids is 1. The van der Waals surface area contributed by atoms with Crippen molar-refractivity contribution in [3.63, 3.8) is 0 Å². The minimum absolute atomic E-state index is 0.0692. The summed E-state index contributed by atoms with van der Waals surface area (Å²) in [5, 5.41) is 12.3. The molecule has 0 bridgehead atoms. The van der Waals surface area contributed by atoms with Crippen molar-refractivity contribution < 1.29 is 4.79 Å². The number of anilines is 1. The molecule has 0 spiro atoms. The van der Waals surface area contributed by atoms with E-state index in [0.29, 0.717) is 17.6 Å². The Hall–Kier alpha value is -2.86. The van der Waals surface area contributed by atoms with Gasteiger partial charge >= 0.3 is 0 Å². The average molecular weight is 407 g/mol. The first kappa shape index (κ1) is 20.9. The summed E-state index contributed by atoms with van der Waals surface area (Å²) in [4.78, 5) is 12.4. The van der Waals surface area contributed by atoms with Crippen LogP contribution in [0.15, 0.2) is 66.3 Å². The van der Waals surface area contributed by atoms with Crippen LogP contribution in [0.5, 0.6) is 0 Å². The van der Waals surface area contributed by atoms with Gasteiger partial charge in [0.25, 0.3) is 0 Å². The smallest absolute Gasteiger partial charge is 0.234 e. The van der Waals surface area contributed by atoms with Gasteiger partial charge in [-0.15, -0.1) is 16.8 Å². The van der Waals surface area contributed by atoms with Crippen molar-refractivity contribution in [3.8, 4) is 11.4 Å². The summed E-state index contributed by atoms with van der Waals surface area (Å²) in [6, 6.07) is 16.1. The number of para-hydroxylation sites is 1. The largest absolute Gasteiger partial charge is 0.325 e. The number of amides is 1. The van der Waals surface area contributed by atoms with Crippen LogP contribution in [-0.4, -0.2) is 26.4 Å². The molecule has 0 radical (unpaired) electrons. The Bertz CT molecular complexity index is 992. The van der Waals surface area contributed by atoms with E-state index in [1.807, 2.05) is 41.8 Å². The number of rotatable bonds is 8. The summed E-state index contributed by atoms with van der Waals surface area (Å²) in [6.45, 7) is 10.7. The standard InChI is InChI=1S/C23H26N4OS/c1-5-14-27-22(19-12-10-18(11-13-19)16(2)3)25-26-23(27)29-15-21(28)24-20-9-7-6-8-17(20)4/h5-13,16H,1,14-15H2,2-4H3,(H,24,28). The Morgan fingerprint density at radius 1 is 1.17 bits per heavy atom. The van der Waals surface area contributed by atoms with E-state index < -0.39 is 0 Å². The van der Waals surface area contributed by atoms with E-state index >= 15 is 0 Å². The topological polar surface area (TPSA) is 59.8 Å². The Kier molecular flexibility index (Phi) is 6.88. The maximum Gasteiger partial charge on any atom is 0.234 e. The Labute approximate surface area is 176 Å². The zero-order valence-corrected chi connectivity index (χ0v) is 17.9. The summed E-state index contributed by atoms with van der Waals surface area (Å²) < 4.78 is 1.99. The van der Waals surface area contributed by atoms with Crippen LogP contribution in [0.2, 0.25) is 0 Å². The average Bonchev–Trinajstić information content (AvgIpc) is 3.11. The molecular formula is C23H26N4OS. The molecule has 1 aromatic heterocycles. The summed E-state index contributed by atoms with van der Waals surface area (Å²) in [5.41, 5.74) is 4.15. The molecule has 0 saturated carbocycles. The lowest BCUT2D eigenvalue weighted by molar-refractivity contribution is -0.113. The van der Waals surface area contributed by atoms with Gasteiger partial charge in [0.05, 0.1) is 5.75 Å². The number of allylic oxidation sites excluding steroid dienone is 1. The molecule has 5 nitrogen and oxygen atoms in total. The number of benzene rings is 2. The molecule has 0 atom stereocenters.